The monoisotopic (exact) mass is 292 g/mol. The summed E-state index contributed by atoms with van der Waals surface area (Å²) in [5.41, 5.74) is 1.59. The molecule has 2 nitrogen and oxygen atoms in total. The van der Waals surface area contributed by atoms with E-state index in [1.165, 1.54) is 51.7 Å². The van der Waals surface area contributed by atoms with Gasteiger partial charge in [-0.1, -0.05) is 6.92 Å². The SMILES string of the molecule is CCN1CCCC(C(C)NC2CCCc3sccc32)C1. The van der Waals surface area contributed by atoms with Crippen LogP contribution in [0, 0.1) is 5.92 Å². The number of hydrogen-bond acceptors (Lipinski definition) is 3. The Bertz CT molecular complexity index is 428. The summed E-state index contributed by atoms with van der Waals surface area (Å²) in [5.74, 6) is 0.827. The molecular weight excluding hydrogens is 264 g/mol. The highest BCUT2D eigenvalue weighted by molar-refractivity contribution is 7.10. The molecule has 1 aliphatic heterocycles. The quantitative estimate of drug-likeness (QED) is 0.907. The van der Waals surface area contributed by atoms with Gasteiger partial charge in [-0.15, -0.1) is 11.3 Å². The minimum atomic E-state index is 0.608. The van der Waals surface area contributed by atoms with Crippen LogP contribution in [0.2, 0.25) is 0 Å². The van der Waals surface area contributed by atoms with E-state index in [2.05, 4.69) is 35.5 Å². The van der Waals surface area contributed by atoms with Gasteiger partial charge in [0.15, 0.2) is 0 Å². The topological polar surface area (TPSA) is 15.3 Å². The van der Waals surface area contributed by atoms with Crippen molar-refractivity contribution >= 4 is 11.3 Å². The highest BCUT2D eigenvalue weighted by atomic mass is 32.1. The molecule has 1 fully saturated rings. The highest BCUT2D eigenvalue weighted by Crippen LogP contribution is 2.34. The van der Waals surface area contributed by atoms with E-state index in [-0.39, 0.29) is 0 Å². The second-order valence-corrected chi connectivity index (χ2v) is 7.50. The van der Waals surface area contributed by atoms with Crippen LogP contribution < -0.4 is 5.32 Å². The van der Waals surface area contributed by atoms with Crippen LogP contribution in [0.1, 0.15) is 56.0 Å². The second kappa shape index (κ2) is 6.59. The summed E-state index contributed by atoms with van der Waals surface area (Å²) in [4.78, 5) is 4.24. The largest absolute Gasteiger partial charge is 0.307 e. The summed E-state index contributed by atoms with van der Waals surface area (Å²) in [6.07, 6.45) is 6.74. The van der Waals surface area contributed by atoms with E-state index in [0.29, 0.717) is 12.1 Å². The van der Waals surface area contributed by atoms with E-state index in [9.17, 15) is 0 Å². The summed E-state index contributed by atoms with van der Waals surface area (Å²) >= 11 is 1.95. The Labute approximate surface area is 127 Å². The van der Waals surface area contributed by atoms with Gasteiger partial charge >= 0.3 is 0 Å². The molecule has 112 valence electrons. The van der Waals surface area contributed by atoms with Gasteiger partial charge in [0, 0.05) is 23.5 Å². The Kier molecular flexibility index (Phi) is 4.79. The van der Waals surface area contributed by atoms with Gasteiger partial charge in [-0.25, -0.2) is 0 Å². The van der Waals surface area contributed by atoms with Crippen LogP contribution in [0.4, 0.5) is 0 Å². The number of nitrogens with one attached hydrogen (secondary N) is 1. The molecule has 2 aliphatic rings. The smallest absolute Gasteiger partial charge is 0.0333 e. The Morgan fingerprint density at radius 2 is 2.30 bits per heavy atom. The maximum absolute atomic E-state index is 3.96. The van der Waals surface area contributed by atoms with Crippen molar-refractivity contribution in [2.45, 2.75) is 58.0 Å². The number of aryl methyl sites for hydroxylation is 1. The molecule has 0 aromatic carbocycles. The van der Waals surface area contributed by atoms with Crippen molar-refractivity contribution in [3.8, 4) is 0 Å². The molecule has 3 heteroatoms. The lowest BCUT2D eigenvalue weighted by atomic mass is 9.88. The van der Waals surface area contributed by atoms with E-state index in [1.54, 1.807) is 10.4 Å². The van der Waals surface area contributed by atoms with Crippen molar-refractivity contribution in [2.75, 3.05) is 19.6 Å². The van der Waals surface area contributed by atoms with E-state index < -0.39 is 0 Å². The lowest BCUT2D eigenvalue weighted by Gasteiger charge is -2.37. The zero-order chi connectivity index (χ0) is 13.9. The van der Waals surface area contributed by atoms with Gasteiger partial charge in [0.05, 0.1) is 0 Å². The molecule has 0 radical (unpaired) electrons. The van der Waals surface area contributed by atoms with Crippen molar-refractivity contribution in [1.29, 1.82) is 0 Å². The van der Waals surface area contributed by atoms with Crippen molar-refractivity contribution < 1.29 is 0 Å². The summed E-state index contributed by atoms with van der Waals surface area (Å²) in [6, 6.07) is 3.60. The van der Waals surface area contributed by atoms with Gasteiger partial charge in [0.25, 0.3) is 0 Å². The Morgan fingerprint density at radius 3 is 3.15 bits per heavy atom. The number of rotatable bonds is 4. The van der Waals surface area contributed by atoms with E-state index in [0.717, 1.165) is 5.92 Å². The molecule has 3 rings (SSSR count). The van der Waals surface area contributed by atoms with Crippen molar-refractivity contribution in [2.24, 2.45) is 5.92 Å². The summed E-state index contributed by atoms with van der Waals surface area (Å²) in [6.45, 7) is 8.50. The molecule has 1 N–H and O–H groups in total. The molecule has 1 aliphatic carbocycles. The Hall–Kier alpha value is -0.380. The van der Waals surface area contributed by atoms with Crippen LogP contribution in [-0.2, 0) is 6.42 Å². The molecule has 0 saturated carbocycles. The van der Waals surface area contributed by atoms with Crippen molar-refractivity contribution in [3.63, 3.8) is 0 Å². The fraction of sp³-hybridized carbons (Fsp3) is 0.765. The first-order chi connectivity index (χ1) is 9.78. The van der Waals surface area contributed by atoms with Crippen LogP contribution in [0.25, 0.3) is 0 Å². The fourth-order valence-electron chi connectivity index (χ4n) is 3.90. The van der Waals surface area contributed by atoms with Crippen molar-refractivity contribution in [1.82, 2.24) is 10.2 Å². The summed E-state index contributed by atoms with van der Waals surface area (Å²) < 4.78 is 0. The number of nitrogens with zero attached hydrogens (tertiary/aromatic N) is 1. The number of hydrogen-bond donors (Lipinski definition) is 1. The predicted octanol–water partition coefficient (Wildman–Crippen LogP) is 3.84. The second-order valence-electron chi connectivity index (χ2n) is 6.49. The lowest BCUT2D eigenvalue weighted by molar-refractivity contribution is 0.151. The maximum Gasteiger partial charge on any atom is 0.0333 e. The molecule has 1 aromatic rings. The van der Waals surface area contributed by atoms with Gasteiger partial charge in [-0.05, 0) is 75.0 Å². The minimum absolute atomic E-state index is 0.608. The fourth-order valence-corrected chi connectivity index (χ4v) is 4.89. The molecule has 0 spiro atoms. The molecule has 2 heterocycles. The molecular formula is C17H28N2S. The Balaban J connectivity index is 1.61. The van der Waals surface area contributed by atoms with Crippen LogP contribution in [-0.4, -0.2) is 30.6 Å². The molecule has 0 bridgehead atoms. The van der Waals surface area contributed by atoms with Gasteiger partial charge in [0.2, 0.25) is 0 Å². The van der Waals surface area contributed by atoms with E-state index in [4.69, 9.17) is 0 Å². The molecule has 0 amide bonds. The first-order valence-electron chi connectivity index (χ1n) is 8.32. The number of thiophene rings is 1. The molecule has 1 aromatic heterocycles. The first-order valence-corrected chi connectivity index (χ1v) is 9.20. The number of piperidine rings is 1. The van der Waals surface area contributed by atoms with Gasteiger partial charge < -0.3 is 10.2 Å². The third-order valence-corrected chi connectivity index (χ3v) is 6.21. The van der Waals surface area contributed by atoms with Crippen LogP contribution in [0.5, 0.6) is 0 Å². The van der Waals surface area contributed by atoms with Gasteiger partial charge in [-0.3, -0.25) is 0 Å². The summed E-state index contributed by atoms with van der Waals surface area (Å²) in [5, 5.41) is 6.23. The standard InChI is InChI=1S/C17H28N2S/c1-3-19-10-5-6-14(12-19)13(2)18-16-7-4-8-17-15(16)9-11-20-17/h9,11,13-14,16,18H,3-8,10,12H2,1-2H3. The summed E-state index contributed by atoms with van der Waals surface area (Å²) in [7, 11) is 0. The van der Waals surface area contributed by atoms with E-state index >= 15 is 0 Å². The van der Waals surface area contributed by atoms with Crippen LogP contribution >= 0.6 is 11.3 Å². The third-order valence-electron chi connectivity index (χ3n) is 5.21. The third kappa shape index (κ3) is 3.10. The molecule has 3 atom stereocenters. The molecule has 20 heavy (non-hydrogen) atoms. The van der Waals surface area contributed by atoms with Gasteiger partial charge in [0.1, 0.15) is 0 Å². The van der Waals surface area contributed by atoms with Crippen LogP contribution in [0.15, 0.2) is 11.4 Å². The maximum atomic E-state index is 3.96. The molecule has 3 unspecified atom stereocenters. The number of likely N-dealkylation sites (tertiary alicyclic amines) is 1. The predicted molar refractivity (Wildman–Crippen MR) is 87.4 cm³/mol. The molecule has 1 saturated heterocycles. The highest BCUT2D eigenvalue weighted by Gasteiger charge is 2.28. The average Bonchev–Trinajstić information content (AvgIpc) is 2.97. The minimum Gasteiger partial charge on any atom is -0.307 e. The lowest BCUT2D eigenvalue weighted by Crippen LogP contribution is -2.45. The van der Waals surface area contributed by atoms with Crippen molar-refractivity contribution in [3.05, 3.63) is 21.9 Å². The number of fused-ring (bicyclic) bond motifs is 1. The normalized spacial score (nSPS) is 29.1. The van der Waals surface area contributed by atoms with Crippen LogP contribution in [0.3, 0.4) is 0 Å². The zero-order valence-corrected chi connectivity index (χ0v) is 13.7. The average molecular weight is 292 g/mol. The Morgan fingerprint density at radius 1 is 1.40 bits per heavy atom. The first kappa shape index (κ1) is 14.6. The van der Waals surface area contributed by atoms with Gasteiger partial charge in [-0.2, -0.15) is 0 Å². The zero-order valence-electron chi connectivity index (χ0n) is 12.9. The van der Waals surface area contributed by atoms with E-state index in [1.807, 2.05) is 11.3 Å².